The van der Waals surface area contributed by atoms with Gasteiger partial charge >= 0.3 is 5.97 Å². The van der Waals surface area contributed by atoms with E-state index in [4.69, 9.17) is 5.11 Å². The van der Waals surface area contributed by atoms with E-state index in [0.717, 1.165) is 44.5 Å². The molecule has 1 N–H and O–H groups in total. The Balaban J connectivity index is 1.76. The molecule has 0 fully saturated rings. The van der Waals surface area contributed by atoms with E-state index < -0.39 is 17.4 Å². The first-order valence-electron chi connectivity index (χ1n) is 17.4. The molecule has 0 bridgehead atoms. The van der Waals surface area contributed by atoms with E-state index in [1.807, 2.05) is 30.4 Å². The third-order valence-electron chi connectivity index (χ3n) is 8.59. The van der Waals surface area contributed by atoms with Gasteiger partial charge in [0, 0.05) is 18.8 Å². The smallest absolute Gasteiger partial charge is 0.313 e. The maximum Gasteiger partial charge on any atom is 0.313 e. The molecule has 2 atom stereocenters. The SMILES string of the molecule is CCCCCCCCCCCCCCCCCCC1(N=Nc2ccc(N(CCC)CCC)cc2)C=CC=CC1C(=O)O. The Labute approximate surface area is 258 Å². The summed E-state index contributed by atoms with van der Waals surface area (Å²) < 4.78 is 0. The Morgan fingerprint density at radius 2 is 1.21 bits per heavy atom. The molecule has 0 aliphatic heterocycles. The monoisotopic (exact) mass is 579 g/mol. The highest BCUT2D eigenvalue weighted by Gasteiger charge is 2.41. The van der Waals surface area contributed by atoms with Gasteiger partial charge in [0.2, 0.25) is 0 Å². The fraction of sp³-hybridized carbons (Fsp3) is 0.703. The highest BCUT2D eigenvalue weighted by Crippen LogP contribution is 2.36. The van der Waals surface area contributed by atoms with Crippen LogP contribution in [-0.2, 0) is 4.79 Å². The van der Waals surface area contributed by atoms with Gasteiger partial charge in [0.15, 0.2) is 0 Å². The Morgan fingerprint density at radius 3 is 1.69 bits per heavy atom. The topological polar surface area (TPSA) is 65.3 Å². The molecule has 0 saturated carbocycles. The van der Waals surface area contributed by atoms with Gasteiger partial charge < -0.3 is 10.0 Å². The van der Waals surface area contributed by atoms with Crippen molar-refractivity contribution < 1.29 is 9.90 Å². The zero-order valence-corrected chi connectivity index (χ0v) is 27.2. The molecule has 42 heavy (non-hydrogen) atoms. The van der Waals surface area contributed by atoms with Crippen LogP contribution in [0, 0.1) is 5.92 Å². The van der Waals surface area contributed by atoms with Gasteiger partial charge in [0.05, 0.1) is 5.69 Å². The average Bonchev–Trinajstić information content (AvgIpc) is 3.00. The van der Waals surface area contributed by atoms with E-state index in [1.54, 1.807) is 6.08 Å². The molecule has 0 amide bonds. The number of carboxylic acids is 1. The molecule has 0 aromatic heterocycles. The molecule has 1 aromatic rings. The van der Waals surface area contributed by atoms with E-state index in [0.29, 0.717) is 6.42 Å². The second kappa shape index (κ2) is 22.2. The van der Waals surface area contributed by atoms with Crippen molar-refractivity contribution in [3.63, 3.8) is 0 Å². The van der Waals surface area contributed by atoms with Crippen molar-refractivity contribution in [2.75, 3.05) is 18.0 Å². The molecule has 1 aromatic carbocycles. The highest BCUT2D eigenvalue weighted by molar-refractivity contribution is 5.75. The molecule has 2 unspecified atom stereocenters. The second-order valence-corrected chi connectivity index (χ2v) is 12.3. The van der Waals surface area contributed by atoms with Crippen LogP contribution in [0.15, 0.2) is 58.8 Å². The van der Waals surface area contributed by atoms with Crippen LogP contribution in [0.3, 0.4) is 0 Å². The molecule has 0 heterocycles. The first-order valence-corrected chi connectivity index (χ1v) is 17.4. The summed E-state index contributed by atoms with van der Waals surface area (Å²) in [6, 6.07) is 8.20. The van der Waals surface area contributed by atoms with Crippen LogP contribution in [0.25, 0.3) is 0 Å². The lowest BCUT2D eigenvalue weighted by molar-refractivity contribution is -0.141. The number of carboxylic acid groups (broad SMARTS) is 1. The molecule has 2 rings (SSSR count). The van der Waals surface area contributed by atoms with Crippen LogP contribution in [0.2, 0.25) is 0 Å². The van der Waals surface area contributed by atoms with E-state index in [2.05, 4.69) is 42.9 Å². The number of hydrogen-bond donors (Lipinski definition) is 1. The van der Waals surface area contributed by atoms with Crippen LogP contribution >= 0.6 is 0 Å². The first kappa shape index (κ1) is 35.8. The number of nitrogens with zero attached hydrogens (tertiary/aromatic N) is 3. The van der Waals surface area contributed by atoms with E-state index in [-0.39, 0.29) is 0 Å². The molecule has 236 valence electrons. The highest BCUT2D eigenvalue weighted by atomic mass is 16.4. The fourth-order valence-corrected chi connectivity index (χ4v) is 6.10. The van der Waals surface area contributed by atoms with E-state index in [9.17, 15) is 9.90 Å². The molecule has 1 aliphatic rings. The first-order chi connectivity index (χ1) is 20.6. The normalized spacial score (nSPS) is 18.2. The van der Waals surface area contributed by atoms with Gasteiger partial charge in [-0.05, 0) is 43.5 Å². The molecule has 0 spiro atoms. The van der Waals surface area contributed by atoms with E-state index >= 15 is 0 Å². The lowest BCUT2D eigenvalue weighted by Crippen LogP contribution is -2.39. The largest absolute Gasteiger partial charge is 0.481 e. The summed E-state index contributed by atoms with van der Waals surface area (Å²) in [6.07, 6.45) is 31.6. The quantitative estimate of drug-likeness (QED) is 0.0925. The maximum atomic E-state index is 12.2. The minimum absolute atomic E-state index is 0.688. The fourth-order valence-electron chi connectivity index (χ4n) is 6.10. The summed E-state index contributed by atoms with van der Waals surface area (Å²) in [7, 11) is 0. The lowest BCUT2D eigenvalue weighted by atomic mass is 9.77. The van der Waals surface area contributed by atoms with Crippen molar-refractivity contribution in [2.45, 2.75) is 148 Å². The number of allylic oxidation sites excluding steroid dienone is 2. The number of anilines is 1. The third kappa shape index (κ3) is 13.7. The van der Waals surface area contributed by atoms with Crippen LogP contribution in [0.5, 0.6) is 0 Å². The average molecular weight is 580 g/mol. The minimum Gasteiger partial charge on any atom is -0.481 e. The standard InChI is InChI=1S/C37H61N3O2/c1-4-7-8-9-10-11-12-13-14-15-16-17-18-19-20-22-29-37(30-23-21-24-35(37)36(41)42)39-38-33-25-27-34(28-26-33)40(31-5-2)32-6-3/h21,23-28,30,35H,4-20,22,29,31-32H2,1-3H3,(H,41,42). The summed E-state index contributed by atoms with van der Waals surface area (Å²) >= 11 is 0. The van der Waals surface area contributed by atoms with Crippen molar-refractivity contribution in [1.29, 1.82) is 0 Å². The zero-order chi connectivity index (χ0) is 30.3. The number of unbranched alkanes of at least 4 members (excludes halogenated alkanes) is 15. The van der Waals surface area contributed by atoms with Crippen molar-refractivity contribution in [1.82, 2.24) is 0 Å². The minimum atomic E-state index is -0.837. The molecular formula is C37H61N3O2. The van der Waals surface area contributed by atoms with Crippen LogP contribution in [-0.4, -0.2) is 29.7 Å². The van der Waals surface area contributed by atoms with Gasteiger partial charge in [-0.1, -0.05) is 148 Å². The second-order valence-electron chi connectivity index (χ2n) is 12.3. The van der Waals surface area contributed by atoms with E-state index in [1.165, 1.54) is 95.6 Å². The Bertz CT molecular complexity index is 917. The summed E-state index contributed by atoms with van der Waals surface area (Å²) in [5.41, 5.74) is 1.14. The Hall–Kier alpha value is -2.43. The molecular weight excluding hydrogens is 518 g/mol. The van der Waals surface area contributed by atoms with Crippen LogP contribution < -0.4 is 4.90 Å². The number of carbonyl (C=O) groups is 1. The van der Waals surface area contributed by atoms with Gasteiger partial charge in [-0.15, -0.1) is 0 Å². The molecule has 1 aliphatic carbocycles. The Morgan fingerprint density at radius 1 is 0.714 bits per heavy atom. The number of rotatable bonds is 25. The van der Waals surface area contributed by atoms with Crippen LogP contribution in [0.1, 0.15) is 143 Å². The predicted octanol–water partition coefficient (Wildman–Crippen LogP) is 11.6. The van der Waals surface area contributed by atoms with Crippen molar-refractivity contribution in [2.24, 2.45) is 16.1 Å². The summed E-state index contributed by atoms with van der Waals surface area (Å²) in [6.45, 7) is 8.76. The van der Waals surface area contributed by atoms with Crippen molar-refractivity contribution in [3.8, 4) is 0 Å². The summed E-state index contributed by atoms with van der Waals surface area (Å²) in [4.78, 5) is 14.6. The molecule has 0 saturated heterocycles. The molecule has 5 heteroatoms. The molecule has 5 nitrogen and oxygen atoms in total. The number of azo groups is 1. The summed E-state index contributed by atoms with van der Waals surface area (Å²) in [5.74, 6) is -1.53. The van der Waals surface area contributed by atoms with Gasteiger partial charge in [-0.3, -0.25) is 4.79 Å². The zero-order valence-electron chi connectivity index (χ0n) is 27.2. The van der Waals surface area contributed by atoms with Crippen molar-refractivity contribution in [3.05, 3.63) is 48.6 Å². The third-order valence-corrected chi connectivity index (χ3v) is 8.59. The maximum absolute atomic E-state index is 12.2. The summed E-state index contributed by atoms with van der Waals surface area (Å²) in [5, 5.41) is 19.3. The number of aliphatic carboxylic acids is 1. The van der Waals surface area contributed by atoms with Gasteiger partial charge in [0.1, 0.15) is 11.5 Å². The van der Waals surface area contributed by atoms with Gasteiger partial charge in [0.25, 0.3) is 0 Å². The van der Waals surface area contributed by atoms with Crippen molar-refractivity contribution >= 4 is 17.3 Å². The Kier molecular flexibility index (Phi) is 18.9. The predicted molar refractivity (Wildman–Crippen MR) is 180 cm³/mol. The van der Waals surface area contributed by atoms with Crippen LogP contribution in [0.4, 0.5) is 11.4 Å². The van der Waals surface area contributed by atoms with Gasteiger partial charge in [-0.2, -0.15) is 10.2 Å². The van der Waals surface area contributed by atoms with Gasteiger partial charge in [-0.25, -0.2) is 0 Å². The number of hydrogen-bond acceptors (Lipinski definition) is 4. The number of benzene rings is 1. The molecule has 0 radical (unpaired) electrons. The lowest BCUT2D eigenvalue weighted by Gasteiger charge is -2.31.